The number of benzene rings is 2. The molecule has 27 heavy (non-hydrogen) atoms. The van der Waals surface area contributed by atoms with Crippen LogP contribution in [-0.2, 0) is 11.3 Å². The van der Waals surface area contributed by atoms with Gasteiger partial charge in [-0.15, -0.1) is 0 Å². The van der Waals surface area contributed by atoms with E-state index in [9.17, 15) is 9.59 Å². The van der Waals surface area contributed by atoms with Crippen LogP contribution in [0.5, 0.6) is 11.5 Å². The van der Waals surface area contributed by atoms with Gasteiger partial charge in [-0.1, -0.05) is 26.0 Å². The smallest absolute Gasteiger partial charge is 0.251 e. The van der Waals surface area contributed by atoms with E-state index < -0.39 is 6.04 Å². The molecule has 2 rings (SSSR count). The van der Waals surface area contributed by atoms with Gasteiger partial charge < -0.3 is 20.1 Å². The first-order valence-electron chi connectivity index (χ1n) is 8.80. The third-order valence-electron chi connectivity index (χ3n) is 4.21. The van der Waals surface area contributed by atoms with E-state index in [4.69, 9.17) is 9.47 Å². The lowest BCUT2D eigenvalue weighted by atomic mass is 10.0. The minimum absolute atomic E-state index is 0.0527. The van der Waals surface area contributed by atoms with Crippen LogP contribution in [0.4, 0.5) is 0 Å². The second-order valence-corrected chi connectivity index (χ2v) is 6.49. The largest absolute Gasteiger partial charge is 0.497 e. The molecule has 0 aliphatic rings. The third kappa shape index (κ3) is 5.74. The maximum atomic E-state index is 12.6. The Kier molecular flexibility index (Phi) is 7.23. The van der Waals surface area contributed by atoms with Gasteiger partial charge in [-0.25, -0.2) is 0 Å². The van der Waals surface area contributed by atoms with Crippen molar-refractivity contribution in [3.8, 4) is 11.5 Å². The summed E-state index contributed by atoms with van der Waals surface area (Å²) in [5.74, 6) is 0.864. The molecule has 2 aromatic carbocycles. The number of nitrogens with one attached hydrogen (secondary N) is 2. The van der Waals surface area contributed by atoms with E-state index in [0.717, 1.165) is 11.3 Å². The zero-order chi connectivity index (χ0) is 19.8. The van der Waals surface area contributed by atoms with E-state index in [2.05, 4.69) is 10.6 Å². The highest BCUT2D eigenvalue weighted by molar-refractivity contribution is 5.97. The summed E-state index contributed by atoms with van der Waals surface area (Å²) in [5, 5.41) is 5.69. The molecule has 144 valence electrons. The van der Waals surface area contributed by atoms with Crippen LogP contribution >= 0.6 is 0 Å². The Morgan fingerprint density at radius 2 is 1.41 bits per heavy atom. The lowest BCUT2D eigenvalue weighted by molar-refractivity contribution is -0.124. The molecule has 6 nitrogen and oxygen atoms in total. The molecule has 0 aromatic heterocycles. The summed E-state index contributed by atoms with van der Waals surface area (Å²) >= 11 is 0. The molecule has 0 bridgehead atoms. The van der Waals surface area contributed by atoms with E-state index in [1.54, 1.807) is 38.5 Å². The first-order valence-corrected chi connectivity index (χ1v) is 8.80. The topological polar surface area (TPSA) is 76.7 Å². The Balaban J connectivity index is 1.97. The molecule has 6 heteroatoms. The molecule has 0 spiro atoms. The van der Waals surface area contributed by atoms with Gasteiger partial charge in [-0.05, 0) is 47.9 Å². The van der Waals surface area contributed by atoms with Gasteiger partial charge >= 0.3 is 0 Å². The zero-order valence-corrected chi connectivity index (χ0v) is 16.1. The fraction of sp³-hybridized carbons (Fsp3) is 0.333. The van der Waals surface area contributed by atoms with Gasteiger partial charge in [0.15, 0.2) is 0 Å². The fourth-order valence-corrected chi connectivity index (χ4v) is 2.54. The molecular formula is C21H26N2O4. The summed E-state index contributed by atoms with van der Waals surface area (Å²) in [6, 6.07) is 13.6. The quantitative estimate of drug-likeness (QED) is 0.749. The van der Waals surface area contributed by atoms with Gasteiger partial charge in [0, 0.05) is 12.1 Å². The standard InChI is InChI=1S/C21H26N2O4/c1-14(2)19(23-20(24)16-7-11-18(27-4)12-8-16)21(25)22-13-15-5-9-17(26-3)10-6-15/h5-12,14,19H,13H2,1-4H3,(H,22,25)(H,23,24)/t19-/m0/s1. The van der Waals surface area contributed by atoms with Crippen LogP contribution in [0.2, 0.25) is 0 Å². The molecule has 0 radical (unpaired) electrons. The molecule has 0 aliphatic carbocycles. The van der Waals surface area contributed by atoms with E-state index in [1.165, 1.54) is 0 Å². The van der Waals surface area contributed by atoms with Gasteiger partial charge in [0.2, 0.25) is 5.91 Å². The van der Waals surface area contributed by atoms with Crippen molar-refractivity contribution in [2.45, 2.75) is 26.4 Å². The van der Waals surface area contributed by atoms with Crippen LogP contribution in [0.1, 0.15) is 29.8 Å². The van der Waals surface area contributed by atoms with Gasteiger partial charge in [0.05, 0.1) is 14.2 Å². The predicted molar refractivity (Wildman–Crippen MR) is 104 cm³/mol. The number of carbonyl (C=O) groups is 2. The van der Waals surface area contributed by atoms with Crippen LogP contribution in [0, 0.1) is 5.92 Å². The van der Waals surface area contributed by atoms with Gasteiger partial charge in [0.1, 0.15) is 17.5 Å². The number of amides is 2. The van der Waals surface area contributed by atoms with Crippen LogP contribution < -0.4 is 20.1 Å². The van der Waals surface area contributed by atoms with E-state index in [1.807, 2.05) is 38.1 Å². The van der Waals surface area contributed by atoms with Gasteiger partial charge in [0.25, 0.3) is 5.91 Å². The summed E-state index contributed by atoms with van der Waals surface area (Å²) in [6.45, 7) is 4.17. The summed E-state index contributed by atoms with van der Waals surface area (Å²) in [5.41, 5.74) is 1.43. The van der Waals surface area contributed by atoms with Crippen LogP contribution in [0.3, 0.4) is 0 Å². The maximum Gasteiger partial charge on any atom is 0.251 e. The molecule has 2 amide bonds. The lowest BCUT2D eigenvalue weighted by Gasteiger charge is -2.22. The second-order valence-electron chi connectivity index (χ2n) is 6.49. The van der Waals surface area contributed by atoms with Crippen molar-refractivity contribution in [1.82, 2.24) is 10.6 Å². The molecule has 1 atom stereocenters. The molecular weight excluding hydrogens is 344 g/mol. The van der Waals surface area contributed by atoms with Crippen molar-refractivity contribution in [1.29, 1.82) is 0 Å². The van der Waals surface area contributed by atoms with Crippen LogP contribution in [0.15, 0.2) is 48.5 Å². The SMILES string of the molecule is COc1ccc(CNC(=O)[C@@H](NC(=O)c2ccc(OC)cc2)C(C)C)cc1. The molecule has 2 N–H and O–H groups in total. The van der Waals surface area contributed by atoms with E-state index >= 15 is 0 Å². The summed E-state index contributed by atoms with van der Waals surface area (Å²) < 4.78 is 10.2. The van der Waals surface area contributed by atoms with E-state index in [-0.39, 0.29) is 17.7 Å². The second kappa shape index (κ2) is 9.62. The molecule has 2 aromatic rings. The third-order valence-corrected chi connectivity index (χ3v) is 4.21. The molecule has 0 saturated heterocycles. The minimum atomic E-state index is -0.627. The van der Waals surface area contributed by atoms with Crippen LogP contribution in [-0.4, -0.2) is 32.1 Å². The predicted octanol–water partition coefficient (Wildman–Crippen LogP) is 2.77. The highest BCUT2D eigenvalue weighted by Crippen LogP contribution is 2.13. The average molecular weight is 370 g/mol. The Morgan fingerprint density at radius 1 is 0.889 bits per heavy atom. The van der Waals surface area contributed by atoms with Crippen molar-refractivity contribution < 1.29 is 19.1 Å². The minimum Gasteiger partial charge on any atom is -0.497 e. The average Bonchev–Trinajstić information content (AvgIpc) is 2.70. The van der Waals surface area contributed by atoms with Crippen molar-refractivity contribution in [3.05, 3.63) is 59.7 Å². The Bertz CT molecular complexity index is 755. The molecule has 0 unspecified atom stereocenters. The first kappa shape index (κ1) is 20.3. The Hall–Kier alpha value is -3.02. The van der Waals surface area contributed by atoms with Crippen LogP contribution in [0.25, 0.3) is 0 Å². The maximum absolute atomic E-state index is 12.6. The highest BCUT2D eigenvalue weighted by Gasteiger charge is 2.24. The Morgan fingerprint density at radius 3 is 1.89 bits per heavy atom. The van der Waals surface area contributed by atoms with Crippen molar-refractivity contribution >= 4 is 11.8 Å². The highest BCUT2D eigenvalue weighted by atomic mass is 16.5. The zero-order valence-electron chi connectivity index (χ0n) is 16.1. The van der Waals surface area contributed by atoms with Crippen molar-refractivity contribution in [3.63, 3.8) is 0 Å². The molecule has 0 heterocycles. The van der Waals surface area contributed by atoms with Crippen molar-refractivity contribution in [2.75, 3.05) is 14.2 Å². The summed E-state index contributed by atoms with van der Waals surface area (Å²) in [7, 11) is 3.17. The molecule has 0 aliphatic heterocycles. The van der Waals surface area contributed by atoms with E-state index in [0.29, 0.717) is 17.9 Å². The number of carbonyl (C=O) groups excluding carboxylic acids is 2. The molecule has 0 fully saturated rings. The van der Waals surface area contributed by atoms with Crippen molar-refractivity contribution in [2.24, 2.45) is 5.92 Å². The normalized spacial score (nSPS) is 11.6. The number of methoxy groups -OCH3 is 2. The number of hydrogen-bond acceptors (Lipinski definition) is 4. The lowest BCUT2D eigenvalue weighted by Crippen LogP contribution is -2.49. The number of rotatable bonds is 8. The Labute approximate surface area is 159 Å². The monoisotopic (exact) mass is 370 g/mol. The number of hydrogen-bond donors (Lipinski definition) is 2. The van der Waals surface area contributed by atoms with Gasteiger partial charge in [-0.3, -0.25) is 9.59 Å². The first-order chi connectivity index (χ1) is 12.9. The number of ether oxygens (including phenoxy) is 2. The molecule has 0 saturated carbocycles. The summed E-state index contributed by atoms with van der Waals surface area (Å²) in [6.07, 6.45) is 0. The van der Waals surface area contributed by atoms with Gasteiger partial charge in [-0.2, -0.15) is 0 Å². The summed E-state index contributed by atoms with van der Waals surface area (Å²) in [4.78, 5) is 25.0. The fourth-order valence-electron chi connectivity index (χ4n) is 2.54.